The van der Waals surface area contributed by atoms with E-state index in [-0.39, 0.29) is 11.8 Å². The van der Waals surface area contributed by atoms with Gasteiger partial charge in [-0.2, -0.15) is 0 Å². The predicted molar refractivity (Wildman–Crippen MR) is 104 cm³/mol. The van der Waals surface area contributed by atoms with E-state index in [0.29, 0.717) is 42.3 Å². The number of amides is 2. The van der Waals surface area contributed by atoms with Gasteiger partial charge < -0.3 is 14.7 Å². The monoisotopic (exact) mass is 371 g/mol. The van der Waals surface area contributed by atoms with Crippen molar-refractivity contribution in [2.45, 2.75) is 0 Å². The minimum absolute atomic E-state index is 0.00478. The molecular weight excluding hydrogens is 350 g/mol. The molecule has 5 nitrogen and oxygen atoms in total. The molecule has 1 fully saturated rings. The van der Waals surface area contributed by atoms with Crippen LogP contribution in [-0.2, 0) is 0 Å². The highest BCUT2D eigenvalue weighted by atomic mass is 35.5. The van der Waals surface area contributed by atoms with Gasteiger partial charge in [0.25, 0.3) is 11.8 Å². The number of nitrogens with zero attached hydrogens (tertiary/aromatic N) is 3. The fourth-order valence-corrected chi connectivity index (χ4v) is 3.19. The molecule has 1 aliphatic heterocycles. The molecule has 1 saturated heterocycles. The normalized spacial score (nSPS) is 14.3. The Morgan fingerprint density at radius 3 is 1.88 bits per heavy atom. The van der Waals surface area contributed by atoms with Gasteiger partial charge in [0.05, 0.1) is 0 Å². The van der Waals surface area contributed by atoms with Crippen LogP contribution in [0.5, 0.6) is 0 Å². The molecule has 0 unspecified atom stereocenters. The average Bonchev–Trinajstić information content (AvgIpc) is 2.67. The third-order valence-electron chi connectivity index (χ3n) is 4.56. The second-order valence-corrected chi connectivity index (χ2v) is 6.97. The van der Waals surface area contributed by atoms with Crippen molar-refractivity contribution in [1.82, 2.24) is 9.80 Å². The Kier molecular flexibility index (Phi) is 5.47. The number of piperazine rings is 1. The van der Waals surface area contributed by atoms with E-state index in [2.05, 4.69) is 0 Å². The number of anilines is 1. The van der Waals surface area contributed by atoms with E-state index >= 15 is 0 Å². The van der Waals surface area contributed by atoms with Gasteiger partial charge in [0, 0.05) is 62.1 Å². The van der Waals surface area contributed by atoms with Crippen molar-refractivity contribution in [1.29, 1.82) is 0 Å². The summed E-state index contributed by atoms with van der Waals surface area (Å²) < 4.78 is 0. The third kappa shape index (κ3) is 3.99. The van der Waals surface area contributed by atoms with Gasteiger partial charge in [0.2, 0.25) is 0 Å². The lowest BCUT2D eigenvalue weighted by Gasteiger charge is -2.35. The topological polar surface area (TPSA) is 43.9 Å². The molecule has 26 heavy (non-hydrogen) atoms. The lowest BCUT2D eigenvalue weighted by Crippen LogP contribution is -2.50. The van der Waals surface area contributed by atoms with E-state index in [1.54, 1.807) is 34.1 Å². The fourth-order valence-electron chi connectivity index (χ4n) is 3.00. The van der Waals surface area contributed by atoms with Gasteiger partial charge in [-0.3, -0.25) is 9.59 Å². The van der Waals surface area contributed by atoms with Gasteiger partial charge >= 0.3 is 0 Å². The molecule has 3 rings (SSSR count). The molecule has 0 aliphatic carbocycles. The summed E-state index contributed by atoms with van der Waals surface area (Å²) in [5.74, 6) is -0.0416. The van der Waals surface area contributed by atoms with E-state index in [0.717, 1.165) is 5.69 Å². The highest BCUT2D eigenvalue weighted by Gasteiger charge is 2.25. The average molecular weight is 372 g/mol. The molecular formula is C20H22ClN3O2. The van der Waals surface area contributed by atoms with E-state index in [9.17, 15) is 9.59 Å². The number of carbonyl (C=O) groups is 2. The first kappa shape index (κ1) is 18.3. The molecule has 0 spiro atoms. The molecule has 0 atom stereocenters. The Labute approximate surface area is 158 Å². The molecule has 1 aliphatic rings. The Hall–Kier alpha value is -2.53. The number of halogens is 1. The van der Waals surface area contributed by atoms with Crippen LogP contribution in [0.4, 0.5) is 5.69 Å². The molecule has 0 radical (unpaired) electrons. The molecule has 0 aromatic heterocycles. The summed E-state index contributed by atoms with van der Waals surface area (Å²) in [6, 6.07) is 14.5. The molecule has 2 aromatic rings. The largest absolute Gasteiger partial charge is 0.378 e. The molecule has 0 N–H and O–H groups in total. The van der Waals surface area contributed by atoms with Gasteiger partial charge in [-0.1, -0.05) is 17.7 Å². The van der Waals surface area contributed by atoms with Crippen LogP contribution < -0.4 is 4.90 Å². The highest BCUT2D eigenvalue weighted by molar-refractivity contribution is 6.30. The standard InChI is InChI=1S/C20H22ClN3O2/c1-22(2)18-8-6-15(7-9-18)19(25)23-10-12-24(13-11-23)20(26)16-4-3-5-17(21)14-16/h3-9,14H,10-13H2,1-2H3. The minimum atomic E-state index is -0.0464. The van der Waals surface area contributed by atoms with Crippen LogP contribution in [0.15, 0.2) is 48.5 Å². The van der Waals surface area contributed by atoms with Crippen LogP contribution in [0.3, 0.4) is 0 Å². The first-order chi connectivity index (χ1) is 12.5. The van der Waals surface area contributed by atoms with Crippen LogP contribution in [0.1, 0.15) is 20.7 Å². The summed E-state index contributed by atoms with van der Waals surface area (Å²) in [5.41, 5.74) is 2.31. The lowest BCUT2D eigenvalue weighted by molar-refractivity contribution is 0.0535. The Morgan fingerprint density at radius 1 is 0.846 bits per heavy atom. The Balaban J connectivity index is 1.61. The Bertz CT molecular complexity index is 797. The molecule has 1 heterocycles. The van der Waals surface area contributed by atoms with Gasteiger partial charge in [-0.25, -0.2) is 0 Å². The molecule has 0 saturated carbocycles. The zero-order chi connectivity index (χ0) is 18.7. The summed E-state index contributed by atoms with van der Waals surface area (Å²) in [5, 5.41) is 0.547. The fraction of sp³-hybridized carbons (Fsp3) is 0.300. The van der Waals surface area contributed by atoms with Crippen LogP contribution in [-0.4, -0.2) is 61.9 Å². The SMILES string of the molecule is CN(C)c1ccc(C(=O)N2CCN(C(=O)c3cccc(Cl)c3)CC2)cc1. The van der Waals surface area contributed by atoms with Crippen LogP contribution >= 0.6 is 11.6 Å². The third-order valence-corrected chi connectivity index (χ3v) is 4.79. The first-order valence-electron chi connectivity index (χ1n) is 8.57. The van der Waals surface area contributed by atoms with Crippen molar-refractivity contribution >= 4 is 29.1 Å². The molecule has 0 bridgehead atoms. The second-order valence-electron chi connectivity index (χ2n) is 6.54. The van der Waals surface area contributed by atoms with Crippen LogP contribution in [0.25, 0.3) is 0 Å². The first-order valence-corrected chi connectivity index (χ1v) is 8.95. The maximum atomic E-state index is 12.7. The minimum Gasteiger partial charge on any atom is -0.378 e. The molecule has 136 valence electrons. The molecule has 6 heteroatoms. The van der Waals surface area contributed by atoms with E-state index in [1.165, 1.54) is 0 Å². The summed E-state index contributed by atoms with van der Waals surface area (Å²) in [4.78, 5) is 30.8. The van der Waals surface area contributed by atoms with Crippen molar-refractivity contribution in [2.75, 3.05) is 45.2 Å². The predicted octanol–water partition coefficient (Wildman–Crippen LogP) is 3.00. The number of carbonyl (C=O) groups excluding carboxylic acids is 2. The maximum Gasteiger partial charge on any atom is 0.254 e. The Morgan fingerprint density at radius 2 is 1.38 bits per heavy atom. The second kappa shape index (κ2) is 7.79. The lowest BCUT2D eigenvalue weighted by atomic mass is 10.1. The van der Waals surface area contributed by atoms with Crippen molar-refractivity contribution in [3.05, 3.63) is 64.7 Å². The van der Waals surface area contributed by atoms with Gasteiger partial charge in [-0.05, 0) is 42.5 Å². The molecule has 2 amide bonds. The maximum absolute atomic E-state index is 12.7. The van der Waals surface area contributed by atoms with Gasteiger partial charge in [-0.15, -0.1) is 0 Å². The van der Waals surface area contributed by atoms with Crippen molar-refractivity contribution in [3.63, 3.8) is 0 Å². The zero-order valence-electron chi connectivity index (χ0n) is 15.0. The zero-order valence-corrected chi connectivity index (χ0v) is 15.7. The smallest absolute Gasteiger partial charge is 0.254 e. The number of benzene rings is 2. The number of rotatable bonds is 3. The van der Waals surface area contributed by atoms with Crippen molar-refractivity contribution < 1.29 is 9.59 Å². The van der Waals surface area contributed by atoms with Crippen molar-refractivity contribution in [2.24, 2.45) is 0 Å². The summed E-state index contributed by atoms with van der Waals surface area (Å²) in [6.45, 7) is 2.10. The van der Waals surface area contributed by atoms with Gasteiger partial charge in [0.1, 0.15) is 0 Å². The van der Waals surface area contributed by atoms with E-state index < -0.39 is 0 Å². The van der Waals surface area contributed by atoms with Crippen molar-refractivity contribution in [3.8, 4) is 0 Å². The number of hydrogen-bond acceptors (Lipinski definition) is 3. The summed E-state index contributed by atoms with van der Waals surface area (Å²) in [6.07, 6.45) is 0. The van der Waals surface area contributed by atoms with Crippen LogP contribution in [0.2, 0.25) is 5.02 Å². The van der Waals surface area contributed by atoms with Gasteiger partial charge in [0.15, 0.2) is 0 Å². The van der Waals surface area contributed by atoms with E-state index in [1.807, 2.05) is 43.3 Å². The number of hydrogen-bond donors (Lipinski definition) is 0. The summed E-state index contributed by atoms with van der Waals surface area (Å²) >= 11 is 5.96. The van der Waals surface area contributed by atoms with Crippen LogP contribution in [0, 0.1) is 0 Å². The molecule has 2 aromatic carbocycles. The quantitative estimate of drug-likeness (QED) is 0.833. The van der Waals surface area contributed by atoms with E-state index in [4.69, 9.17) is 11.6 Å². The summed E-state index contributed by atoms with van der Waals surface area (Å²) in [7, 11) is 3.93. The highest BCUT2D eigenvalue weighted by Crippen LogP contribution is 2.17.